The van der Waals surface area contributed by atoms with Crippen LogP contribution in [0.4, 0.5) is 11.4 Å². The number of anilines is 2. The Hall–Kier alpha value is -1.36. The number of nitrogen functional groups attached to an aromatic ring is 1. The molecule has 80 valence electrons. The molecule has 2 rings (SSSR count). The molecule has 5 heteroatoms. The van der Waals surface area contributed by atoms with Crippen molar-refractivity contribution < 1.29 is 9.53 Å². The van der Waals surface area contributed by atoms with Crippen LogP contribution in [-0.2, 0) is 4.79 Å². The van der Waals surface area contributed by atoms with Gasteiger partial charge in [0, 0.05) is 23.1 Å². The van der Waals surface area contributed by atoms with E-state index in [1.165, 1.54) is 0 Å². The van der Waals surface area contributed by atoms with Crippen molar-refractivity contribution in [1.82, 2.24) is 0 Å². The Morgan fingerprint density at radius 1 is 1.53 bits per heavy atom. The van der Waals surface area contributed by atoms with Crippen LogP contribution >= 0.6 is 11.8 Å². The predicted molar refractivity (Wildman–Crippen MR) is 61.4 cm³/mol. The standard InChI is InChI=1S/C10H12N2O2S/c1-14-6-4-7(11)10-8(5-6)15-3-2-9(13)12-10/h4-5H,2-3,11H2,1H3,(H,12,13). The summed E-state index contributed by atoms with van der Waals surface area (Å²) in [4.78, 5) is 12.3. The van der Waals surface area contributed by atoms with Crippen LogP contribution in [0.5, 0.6) is 5.75 Å². The summed E-state index contributed by atoms with van der Waals surface area (Å²) in [5.74, 6) is 1.50. The Kier molecular flexibility index (Phi) is 2.73. The lowest BCUT2D eigenvalue weighted by atomic mass is 10.2. The molecule has 4 nitrogen and oxygen atoms in total. The third kappa shape index (κ3) is 2.02. The lowest BCUT2D eigenvalue weighted by molar-refractivity contribution is -0.115. The number of carbonyl (C=O) groups excluding carboxylic acids is 1. The van der Waals surface area contributed by atoms with Crippen molar-refractivity contribution in [2.45, 2.75) is 11.3 Å². The number of rotatable bonds is 1. The number of carbonyl (C=O) groups is 1. The molecular formula is C10H12N2O2S. The van der Waals surface area contributed by atoms with Gasteiger partial charge in [0.2, 0.25) is 5.91 Å². The largest absolute Gasteiger partial charge is 0.497 e. The number of hydrogen-bond donors (Lipinski definition) is 2. The van der Waals surface area contributed by atoms with E-state index in [1.54, 1.807) is 24.9 Å². The highest BCUT2D eigenvalue weighted by molar-refractivity contribution is 7.99. The molecule has 0 atom stereocenters. The smallest absolute Gasteiger partial charge is 0.225 e. The van der Waals surface area contributed by atoms with E-state index >= 15 is 0 Å². The summed E-state index contributed by atoms with van der Waals surface area (Å²) in [6.07, 6.45) is 0.515. The monoisotopic (exact) mass is 224 g/mol. The van der Waals surface area contributed by atoms with E-state index in [4.69, 9.17) is 10.5 Å². The van der Waals surface area contributed by atoms with Crippen LogP contribution in [-0.4, -0.2) is 18.8 Å². The lowest BCUT2D eigenvalue weighted by Gasteiger charge is -2.11. The Balaban J connectivity index is 2.46. The highest BCUT2D eigenvalue weighted by Gasteiger charge is 2.16. The SMILES string of the molecule is COc1cc(N)c2c(c1)SCCC(=O)N2. The number of methoxy groups -OCH3 is 1. The van der Waals surface area contributed by atoms with Gasteiger partial charge in [-0.15, -0.1) is 11.8 Å². The molecule has 1 aromatic rings. The minimum atomic E-state index is 0.0121. The van der Waals surface area contributed by atoms with Crippen LogP contribution in [0, 0.1) is 0 Å². The van der Waals surface area contributed by atoms with Gasteiger partial charge in [-0.25, -0.2) is 0 Å². The molecule has 1 aliphatic heterocycles. The van der Waals surface area contributed by atoms with Gasteiger partial charge in [0.1, 0.15) is 5.75 Å². The third-order valence-electron chi connectivity index (χ3n) is 2.19. The molecule has 1 aliphatic rings. The van der Waals surface area contributed by atoms with E-state index in [0.717, 1.165) is 16.4 Å². The second kappa shape index (κ2) is 4.02. The quantitative estimate of drug-likeness (QED) is 0.713. The zero-order valence-corrected chi connectivity index (χ0v) is 9.19. The fourth-order valence-electron chi connectivity index (χ4n) is 1.43. The first-order chi connectivity index (χ1) is 7.20. The van der Waals surface area contributed by atoms with Gasteiger partial charge in [0.05, 0.1) is 18.5 Å². The van der Waals surface area contributed by atoms with E-state index in [2.05, 4.69) is 5.32 Å². The van der Waals surface area contributed by atoms with Gasteiger partial charge >= 0.3 is 0 Å². The minimum absolute atomic E-state index is 0.0121. The molecule has 1 heterocycles. The summed E-state index contributed by atoms with van der Waals surface area (Å²) in [7, 11) is 1.60. The summed E-state index contributed by atoms with van der Waals surface area (Å²) < 4.78 is 5.12. The summed E-state index contributed by atoms with van der Waals surface area (Å²) in [5.41, 5.74) is 7.10. The lowest BCUT2D eigenvalue weighted by Crippen LogP contribution is -2.11. The van der Waals surface area contributed by atoms with Crippen molar-refractivity contribution in [3.05, 3.63) is 12.1 Å². The summed E-state index contributed by atoms with van der Waals surface area (Å²) in [5, 5.41) is 2.80. The van der Waals surface area contributed by atoms with Crippen LogP contribution in [0.2, 0.25) is 0 Å². The van der Waals surface area contributed by atoms with Crippen LogP contribution in [0.25, 0.3) is 0 Å². The molecule has 0 aromatic heterocycles. The molecule has 1 amide bonds. The van der Waals surface area contributed by atoms with E-state index in [9.17, 15) is 4.79 Å². The maximum atomic E-state index is 11.3. The number of ether oxygens (including phenoxy) is 1. The molecule has 1 aromatic carbocycles. The van der Waals surface area contributed by atoms with Gasteiger partial charge in [-0.3, -0.25) is 4.79 Å². The Morgan fingerprint density at radius 3 is 3.07 bits per heavy atom. The van der Waals surface area contributed by atoms with E-state index in [0.29, 0.717) is 17.8 Å². The van der Waals surface area contributed by atoms with Gasteiger partial charge in [-0.2, -0.15) is 0 Å². The predicted octanol–water partition coefficient (Wildman–Crippen LogP) is 1.71. The normalized spacial score (nSPS) is 15.1. The molecule has 15 heavy (non-hydrogen) atoms. The molecule has 3 N–H and O–H groups in total. The number of nitrogens with two attached hydrogens (primary N) is 1. The number of benzene rings is 1. The van der Waals surface area contributed by atoms with Gasteiger partial charge in [0.15, 0.2) is 0 Å². The third-order valence-corrected chi connectivity index (χ3v) is 3.23. The Labute approximate surface area is 92.2 Å². The molecule has 0 fully saturated rings. The average Bonchev–Trinajstić information content (AvgIpc) is 2.39. The molecule has 0 saturated heterocycles. The van der Waals surface area contributed by atoms with Gasteiger partial charge in [-0.05, 0) is 6.07 Å². The van der Waals surface area contributed by atoms with Crippen molar-refractivity contribution >= 4 is 29.0 Å². The summed E-state index contributed by atoms with van der Waals surface area (Å²) >= 11 is 1.61. The van der Waals surface area contributed by atoms with Crippen LogP contribution < -0.4 is 15.8 Å². The van der Waals surface area contributed by atoms with Gasteiger partial charge < -0.3 is 15.8 Å². The van der Waals surface area contributed by atoms with Crippen molar-refractivity contribution in [3.8, 4) is 5.75 Å². The zero-order chi connectivity index (χ0) is 10.8. The summed E-state index contributed by atoms with van der Waals surface area (Å²) in [6.45, 7) is 0. The molecular weight excluding hydrogens is 212 g/mol. The fourth-order valence-corrected chi connectivity index (χ4v) is 2.45. The Bertz CT molecular complexity index is 407. The van der Waals surface area contributed by atoms with Gasteiger partial charge in [-0.1, -0.05) is 0 Å². The molecule has 0 spiro atoms. The number of amides is 1. The second-order valence-corrected chi connectivity index (χ2v) is 4.37. The molecule has 0 unspecified atom stereocenters. The highest BCUT2D eigenvalue weighted by atomic mass is 32.2. The Morgan fingerprint density at radius 2 is 2.33 bits per heavy atom. The van der Waals surface area contributed by atoms with Crippen LogP contribution in [0.15, 0.2) is 17.0 Å². The van der Waals surface area contributed by atoms with Crippen molar-refractivity contribution in [2.75, 3.05) is 23.9 Å². The first kappa shape index (κ1) is 10.2. The maximum absolute atomic E-state index is 11.3. The van der Waals surface area contributed by atoms with Crippen molar-refractivity contribution in [1.29, 1.82) is 0 Å². The number of hydrogen-bond acceptors (Lipinski definition) is 4. The van der Waals surface area contributed by atoms with E-state index in [-0.39, 0.29) is 5.91 Å². The van der Waals surface area contributed by atoms with Crippen LogP contribution in [0.1, 0.15) is 6.42 Å². The van der Waals surface area contributed by atoms with Gasteiger partial charge in [0.25, 0.3) is 0 Å². The zero-order valence-electron chi connectivity index (χ0n) is 8.37. The second-order valence-electron chi connectivity index (χ2n) is 3.24. The van der Waals surface area contributed by atoms with Crippen LogP contribution in [0.3, 0.4) is 0 Å². The summed E-state index contributed by atoms with van der Waals surface area (Å²) in [6, 6.07) is 3.60. The molecule has 0 bridgehead atoms. The first-order valence-electron chi connectivity index (χ1n) is 4.61. The molecule has 0 radical (unpaired) electrons. The van der Waals surface area contributed by atoms with E-state index < -0.39 is 0 Å². The number of nitrogens with one attached hydrogen (secondary N) is 1. The number of fused-ring (bicyclic) bond motifs is 1. The topological polar surface area (TPSA) is 64.3 Å². The fraction of sp³-hybridized carbons (Fsp3) is 0.300. The van der Waals surface area contributed by atoms with Crippen molar-refractivity contribution in [3.63, 3.8) is 0 Å². The average molecular weight is 224 g/mol. The number of thioether (sulfide) groups is 1. The maximum Gasteiger partial charge on any atom is 0.225 e. The minimum Gasteiger partial charge on any atom is -0.497 e. The first-order valence-corrected chi connectivity index (χ1v) is 5.59. The van der Waals surface area contributed by atoms with E-state index in [1.807, 2.05) is 6.07 Å². The molecule has 0 aliphatic carbocycles. The van der Waals surface area contributed by atoms with Crippen molar-refractivity contribution in [2.24, 2.45) is 0 Å². The molecule has 0 saturated carbocycles. The highest BCUT2D eigenvalue weighted by Crippen LogP contribution is 2.38.